The number of piperazine rings is 1. The molecule has 3 aliphatic rings. The first kappa shape index (κ1) is 26.3. The van der Waals surface area contributed by atoms with E-state index in [4.69, 9.17) is 9.47 Å². The Morgan fingerprint density at radius 1 is 0.953 bits per heavy atom. The van der Waals surface area contributed by atoms with E-state index in [1.54, 1.807) is 21.4 Å². The van der Waals surface area contributed by atoms with Gasteiger partial charge in [0, 0.05) is 36.1 Å². The molecule has 1 amide bonds. The Balaban J connectivity index is 1.18. The number of anilines is 3. The van der Waals surface area contributed by atoms with Crippen molar-refractivity contribution >= 4 is 41.0 Å². The quantitative estimate of drug-likeness (QED) is 0.162. The molecule has 7 rings (SSSR count). The molecule has 13 heteroatoms. The fourth-order valence-corrected chi connectivity index (χ4v) is 5.76. The van der Waals surface area contributed by atoms with E-state index in [1.807, 2.05) is 43.3 Å². The number of amides is 1. The van der Waals surface area contributed by atoms with Crippen LogP contribution in [0.15, 0.2) is 60.9 Å². The number of benzene rings is 2. The van der Waals surface area contributed by atoms with E-state index in [-0.39, 0.29) is 41.9 Å². The molecule has 0 spiro atoms. The van der Waals surface area contributed by atoms with Gasteiger partial charge >= 0.3 is 11.9 Å². The first-order valence-electron chi connectivity index (χ1n) is 13.4. The summed E-state index contributed by atoms with van der Waals surface area (Å²) in [5.74, 6) is -3.28. The minimum atomic E-state index is -0.918. The third-order valence-electron chi connectivity index (χ3n) is 7.85. The van der Waals surface area contributed by atoms with Crippen molar-refractivity contribution in [1.82, 2.24) is 14.5 Å². The molecule has 1 fully saturated rings. The molecule has 216 valence electrons. The number of esters is 2. The van der Waals surface area contributed by atoms with E-state index in [0.717, 1.165) is 23.7 Å². The highest BCUT2D eigenvalue weighted by atomic mass is 19.1. The highest BCUT2D eigenvalue weighted by molar-refractivity contribution is 6.47. The first-order chi connectivity index (χ1) is 20.7. The summed E-state index contributed by atoms with van der Waals surface area (Å²) < 4.78 is 26.3. The van der Waals surface area contributed by atoms with Crippen molar-refractivity contribution in [3.05, 3.63) is 78.1 Å². The third kappa shape index (κ3) is 4.28. The summed E-state index contributed by atoms with van der Waals surface area (Å²) in [5, 5.41) is 2.57. The monoisotopic (exact) mass is 582 g/mol. The van der Waals surface area contributed by atoms with Crippen LogP contribution in [0, 0.1) is 12.7 Å². The maximum absolute atomic E-state index is 13.4. The van der Waals surface area contributed by atoms with E-state index >= 15 is 0 Å². The Morgan fingerprint density at radius 2 is 1.56 bits per heavy atom. The lowest BCUT2D eigenvalue weighted by atomic mass is 9.99. The second kappa shape index (κ2) is 9.76. The van der Waals surface area contributed by atoms with Crippen molar-refractivity contribution in [2.24, 2.45) is 7.05 Å². The number of ketones is 1. The van der Waals surface area contributed by atoms with Crippen molar-refractivity contribution in [2.45, 2.75) is 19.0 Å². The predicted molar refractivity (Wildman–Crippen MR) is 151 cm³/mol. The zero-order chi connectivity index (χ0) is 30.0. The van der Waals surface area contributed by atoms with Gasteiger partial charge in [0.05, 0.1) is 25.5 Å². The lowest BCUT2D eigenvalue weighted by Crippen LogP contribution is -2.68. The van der Waals surface area contributed by atoms with Gasteiger partial charge in [0.2, 0.25) is 5.95 Å². The van der Waals surface area contributed by atoms with E-state index in [9.17, 15) is 23.6 Å². The van der Waals surface area contributed by atoms with Crippen LogP contribution in [0.5, 0.6) is 11.5 Å². The van der Waals surface area contributed by atoms with Gasteiger partial charge in [0.15, 0.2) is 17.3 Å². The largest absolute Gasteiger partial charge is 0.422 e. The zero-order valence-corrected chi connectivity index (χ0v) is 22.9. The van der Waals surface area contributed by atoms with E-state index in [0.29, 0.717) is 11.3 Å². The fraction of sp³-hybridized carbons (Fsp3) is 0.200. The molecule has 2 aromatic heterocycles. The third-order valence-corrected chi connectivity index (χ3v) is 7.85. The number of rotatable bonds is 5. The minimum Gasteiger partial charge on any atom is -0.422 e. The highest BCUT2D eigenvalue weighted by Gasteiger charge is 2.51. The molecule has 0 bridgehead atoms. The van der Waals surface area contributed by atoms with Gasteiger partial charge in [0.25, 0.3) is 11.7 Å². The number of carbonyl (C=O) groups is 4. The summed E-state index contributed by atoms with van der Waals surface area (Å²) in [5.41, 5.74) is 2.90. The lowest BCUT2D eigenvalue weighted by molar-refractivity contribution is -0.140. The summed E-state index contributed by atoms with van der Waals surface area (Å²) in [6, 6.07) is 12.1. The molecular formula is C30H23FN6O6. The van der Waals surface area contributed by atoms with Crippen molar-refractivity contribution in [2.75, 3.05) is 28.2 Å². The van der Waals surface area contributed by atoms with Gasteiger partial charge in [-0.15, -0.1) is 0 Å². The van der Waals surface area contributed by atoms with Gasteiger partial charge in [0.1, 0.15) is 23.5 Å². The van der Waals surface area contributed by atoms with Gasteiger partial charge < -0.3 is 29.2 Å². The Kier molecular flexibility index (Phi) is 5.97. The molecule has 2 atom stereocenters. The minimum absolute atomic E-state index is 0.0742. The Morgan fingerprint density at radius 3 is 2.16 bits per heavy atom. The first-order valence-corrected chi connectivity index (χ1v) is 13.4. The smallest absolute Gasteiger partial charge is 0.336 e. The topological polar surface area (TPSA) is 136 Å². The average Bonchev–Trinajstić information content (AvgIpc) is 3.30. The number of aryl methyl sites for hydroxylation is 1. The standard InChI is InChI=1S/C30H23FN6O6/c1-15-8-19(16-6-4-3-5-7-16)24(35(15)2)26(38)27(39)34-18-9-22-25-23(10-18)43-29(41)21-14-36(30-32-11-17(31)12-33-30)13-20(37(21)25)28(40)42-22/h3-12,20-21H,13-14H2,1-2H3,(H,34,39)/t20-,21+. The molecule has 0 unspecified atom stereocenters. The van der Waals surface area contributed by atoms with Gasteiger partial charge in [-0.2, -0.15) is 0 Å². The molecule has 12 nitrogen and oxygen atoms in total. The van der Waals surface area contributed by atoms with Crippen LogP contribution in [-0.4, -0.2) is 63.3 Å². The Bertz CT molecular complexity index is 1790. The van der Waals surface area contributed by atoms with Crippen LogP contribution in [0.4, 0.5) is 21.7 Å². The summed E-state index contributed by atoms with van der Waals surface area (Å²) in [7, 11) is 1.71. The number of nitrogens with one attached hydrogen (secondary N) is 1. The summed E-state index contributed by atoms with van der Waals surface area (Å²) >= 11 is 0. The second-order valence-corrected chi connectivity index (χ2v) is 10.5. The molecule has 0 radical (unpaired) electrons. The van der Waals surface area contributed by atoms with E-state index < -0.39 is 41.5 Å². The van der Waals surface area contributed by atoms with Gasteiger partial charge in [-0.3, -0.25) is 9.59 Å². The number of hydrogen-bond donors (Lipinski definition) is 1. The number of halogens is 1. The molecule has 0 aliphatic carbocycles. The number of ether oxygens (including phenoxy) is 2. The van der Waals surface area contributed by atoms with Crippen LogP contribution < -0.4 is 24.6 Å². The Hall–Kier alpha value is -5.59. The Labute approximate surface area is 243 Å². The number of nitrogens with zero attached hydrogens (tertiary/aromatic N) is 5. The predicted octanol–water partition coefficient (Wildman–Crippen LogP) is 2.65. The second-order valence-electron chi connectivity index (χ2n) is 10.5. The van der Waals surface area contributed by atoms with Crippen LogP contribution in [0.2, 0.25) is 0 Å². The number of aromatic nitrogens is 3. The molecule has 1 saturated heterocycles. The summed E-state index contributed by atoms with van der Waals surface area (Å²) in [6.07, 6.45) is 2.00. The maximum atomic E-state index is 13.4. The van der Waals surface area contributed by atoms with Crippen LogP contribution in [0.1, 0.15) is 16.2 Å². The number of Topliss-reactive ketones (excluding diaryl/α,β-unsaturated/α-hetero) is 1. The lowest BCUT2D eigenvalue weighted by Gasteiger charge is -2.49. The van der Waals surface area contributed by atoms with Crippen LogP contribution >= 0.6 is 0 Å². The zero-order valence-electron chi connectivity index (χ0n) is 22.9. The van der Waals surface area contributed by atoms with Crippen molar-refractivity contribution in [3.63, 3.8) is 0 Å². The molecule has 4 aromatic rings. The molecule has 5 heterocycles. The normalized spacial score (nSPS) is 18.5. The van der Waals surface area contributed by atoms with Crippen molar-refractivity contribution < 1.29 is 33.0 Å². The molecule has 3 aliphatic heterocycles. The van der Waals surface area contributed by atoms with Gasteiger partial charge in [-0.05, 0) is 18.6 Å². The molecular weight excluding hydrogens is 559 g/mol. The van der Waals surface area contributed by atoms with Crippen LogP contribution in [-0.2, 0) is 21.4 Å². The number of carbonyl (C=O) groups excluding carboxylic acids is 4. The van der Waals surface area contributed by atoms with E-state index in [2.05, 4.69) is 15.3 Å². The fourth-order valence-electron chi connectivity index (χ4n) is 5.76. The highest BCUT2D eigenvalue weighted by Crippen LogP contribution is 2.49. The summed E-state index contributed by atoms with van der Waals surface area (Å²) in [4.78, 5) is 64.2. The molecule has 1 N–H and O–H groups in total. The SMILES string of the molecule is Cc1cc(-c2ccccc2)c(C(=O)C(=O)Nc2cc3c4c(c2)OC(=O)[C@@H]2CN(c5ncc(F)cn5)C[C@H](C(=O)O3)N42)n1C. The van der Waals surface area contributed by atoms with Crippen molar-refractivity contribution in [3.8, 4) is 22.6 Å². The summed E-state index contributed by atoms with van der Waals surface area (Å²) in [6.45, 7) is 2.00. The number of hydrogen-bond acceptors (Lipinski definition) is 10. The molecule has 43 heavy (non-hydrogen) atoms. The van der Waals surface area contributed by atoms with Crippen LogP contribution in [0.3, 0.4) is 0 Å². The van der Waals surface area contributed by atoms with Gasteiger partial charge in [-0.1, -0.05) is 30.3 Å². The van der Waals surface area contributed by atoms with Crippen LogP contribution in [0.25, 0.3) is 11.1 Å². The van der Waals surface area contributed by atoms with Gasteiger partial charge in [-0.25, -0.2) is 23.9 Å². The molecule has 2 aromatic carbocycles. The van der Waals surface area contributed by atoms with Crippen molar-refractivity contribution in [1.29, 1.82) is 0 Å². The van der Waals surface area contributed by atoms with E-state index in [1.165, 1.54) is 12.1 Å². The molecule has 0 saturated carbocycles. The average molecular weight is 583 g/mol. The maximum Gasteiger partial charge on any atom is 0.336 e.